The van der Waals surface area contributed by atoms with Gasteiger partial charge in [-0.25, -0.2) is 0 Å². The second-order valence-electron chi connectivity index (χ2n) is 2.97. The Morgan fingerprint density at radius 3 is 2.85 bits per heavy atom. The molecule has 3 nitrogen and oxygen atoms in total. The molecule has 0 fully saturated rings. The molecule has 1 aromatic heterocycles. The quantitative estimate of drug-likeness (QED) is 0.767. The summed E-state index contributed by atoms with van der Waals surface area (Å²) in [6.45, 7) is 4.40. The lowest BCUT2D eigenvalue weighted by Crippen LogP contribution is -2.24. The third-order valence-electron chi connectivity index (χ3n) is 1.81. The van der Waals surface area contributed by atoms with E-state index < -0.39 is 0 Å². The summed E-state index contributed by atoms with van der Waals surface area (Å²) in [5.74, 6) is 1.92. The minimum atomic E-state index is 0.0864. The highest BCUT2D eigenvalue weighted by Gasteiger charge is 1.99. The van der Waals surface area contributed by atoms with Gasteiger partial charge in [0.25, 0.3) is 0 Å². The van der Waals surface area contributed by atoms with Crippen molar-refractivity contribution in [2.24, 2.45) is 0 Å². The van der Waals surface area contributed by atoms with E-state index in [1.807, 2.05) is 26.0 Å². The maximum atomic E-state index is 10.9. The molecule has 0 atom stereocenters. The molecule has 0 aromatic carbocycles. The molecule has 0 aliphatic heterocycles. The van der Waals surface area contributed by atoms with Gasteiger partial charge in [0.05, 0.1) is 0 Å². The number of furan rings is 1. The lowest BCUT2D eigenvalue weighted by molar-refractivity contribution is -0.120. The summed E-state index contributed by atoms with van der Waals surface area (Å²) in [5, 5.41) is 2.79. The van der Waals surface area contributed by atoms with Crippen LogP contribution >= 0.6 is 0 Å². The first-order chi connectivity index (χ1) is 6.22. The Labute approximate surface area is 78.1 Å². The van der Waals surface area contributed by atoms with Crippen molar-refractivity contribution in [3.05, 3.63) is 23.7 Å². The molecule has 0 saturated heterocycles. The van der Waals surface area contributed by atoms with Crippen molar-refractivity contribution in [1.29, 1.82) is 0 Å². The number of nitrogens with one attached hydrogen (secondary N) is 1. The van der Waals surface area contributed by atoms with E-state index in [1.54, 1.807) is 0 Å². The molecular formula is C10H15NO2. The molecule has 72 valence electrons. The number of hydrogen-bond donors (Lipinski definition) is 1. The van der Waals surface area contributed by atoms with Gasteiger partial charge in [0, 0.05) is 19.4 Å². The van der Waals surface area contributed by atoms with Crippen molar-refractivity contribution in [1.82, 2.24) is 5.32 Å². The number of carbonyl (C=O) groups is 1. The summed E-state index contributed by atoms with van der Waals surface area (Å²) in [6, 6.07) is 3.87. The van der Waals surface area contributed by atoms with Gasteiger partial charge in [0.1, 0.15) is 11.5 Å². The van der Waals surface area contributed by atoms with Gasteiger partial charge in [0.15, 0.2) is 0 Å². The molecule has 1 heterocycles. The normalized spacial score (nSPS) is 10.0. The summed E-state index contributed by atoms with van der Waals surface area (Å²) < 4.78 is 5.35. The van der Waals surface area contributed by atoms with Crippen LogP contribution in [-0.4, -0.2) is 12.5 Å². The predicted molar refractivity (Wildman–Crippen MR) is 50.4 cm³/mol. The number of hydrogen-bond acceptors (Lipinski definition) is 2. The molecule has 0 bridgehead atoms. The van der Waals surface area contributed by atoms with Gasteiger partial charge in [-0.2, -0.15) is 0 Å². The van der Waals surface area contributed by atoms with Crippen molar-refractivity contribution in [2.75, 3.05) is 6.54 Å². The maximum absolute atomic E-state index is 10.9. The second-order valence-corrected chi connectivity index (χ2v) is 2.97. The van der Waals surface area contributed by atoms with Crippen molar-refractivity contribution in [3.63, 3.8) is 0 Å². The van der Waals surface area contributed by atoms with Crippen LogP contribution in [0.3, 0.4) is 0 Å². The first-order valence-corrected chi connectivity index (χ1v) is 4.54. The molecule has 1 N–H and O–H groups in total. The van der Waals surface area contributed by atoms with Gasteiger partial charge in [-0.3, -0.25) is 4.79 Å². The molecule has 0 saturated carbocycles. The van der Waals surface area contributed by atoms with Gasteiger partial charge in [0.2, 0.25) is 5.91 Å². The van der Waals surface area contributed by atoms with Gasteiger partial charge in [-0.15, -0.1) is 0 Å². The highest BCUT2D eigenvalue weighted by Crippen LogP contribution is 2.05. The number of amides is 1. The van der Waals surface area contributed by atoms with Crippen molar-refractivity contribution in [3.8, 4) is 0 Å². The summed E-state index contributed by atoms with van der Waals surface area (Å²) in [7, 11) is 0. The van der Waals surface area contributed by atoms with Crippen LogP contribution in [0.1, 0.15) is 24.9 Å². The van der Waals surface area contributed by atoms with E-state index in [0.717, 1.165) is 17.9 Å². The lowest BCUT2D eigenvalue weighted by Gasteiger charge is -2.00. The zero-order valence-corrected chi connectivity index (χ0v) is 8.09. The highest BCUT2D eigenvalue weighted by atomic mass is 16.3. The Balaban J connectivity index is 2.24. The zero-order valence-electron chi connectivity index (χ0n) is 8.09. The second kappa shape index (κ2) is 4.70. The monoisotopic (exact) mass is 181 g/mol. The van der Waals surface area contributed by atoms with E-state index >= 15 is 0 Å². The summed E-state index contributed by atoms with van der Waals surface area (Å²) >= 11 is 0. The van der Waals surface area contributed by atoms with Crippen LogP contribution in [0.25, 0.3) is 0 Å². The van der Waals surface area contributed by atoms with Gasteiger partial charge in [-0.1, -0.05) is 6.92 Å². The summed E-state index contributed by atoms with van der Waals surface area (Å²) in [4.78, 5) is 10.9. The van der Waals surface area contributed by atoms with Crippen LogP contribution in [-0.2, 0) is 11.2 Å². The maximum Gasteiger partial charge on any atom is 0.219 e. The largest absolute Gasteiger partial charge is 0.466 e. The lowest BCUT2D eigenvalue weighted by atomic mass is 10.3. The van der Waals surface area contributed by atoms with Crippen molar-refractivity contribution < 1.29 is 9.21 Å². The Hall–Kier alpha value is -1.25. The highest BCUT2D eigenvalue weighted by molar-refractivity contribution is 5.75. The summed E-state index contributed by atoms with van der Waals surface area (Å²) in [6.07, 6.45) is 1.30. The SMILES string of the molecule is CCC(=O)NCCc1ccc(C)o1. The minimum absolute atomic E-state index is 0.0864. The van der Waals surface area contributed by atoms with Crippen molar-refractivity contribution >= 4 is 5.91 Å². The zero-order chi connectivity index (χ0) is 9.68. The fraction of sp³-hybridized carbons (Fsp3) is 0.500. The van der Waals surface area contributed by atoms with E-state index in [-0.39, 0.29) is 5.91 Å². The van der Waals surface area contributed by atoms with E-state index in [0.29, 0.717) is 13.0 Å². The van der Waals surface area contributed by atoms with Gasteiger partial charge >= 0.3 is 0 Å². The standard InChI is InChI=1S/C10H15NO2/c1-3-10(12)11-7-6-9-5-4-8(2)13-9/h4-5H,3,6-7H2,1-2H3,(H,11,12). The number of rotatable bonds is 4. The molecular weight excluding hydrogens is 166 g/mol. The number of carbonyl (C=O) groups excluding carboxylic acids is 1. The van der Waals surface area contributed by atoms with Crippen LogP contribution in [0.2, 0.25) is 0 Å². The fourth-order valence-electron chi connectivity index (χ4n) is 1.07. The minimum Gasteiger partial charge on any atom is -0.466 e. The van der Waals surface area contributed by atoms with E-state index in [9.17, 15) is 4.79 Å². The Morgan fingerprint density at radius 1 is 1.54 bits per heavy atom. The summed E-state index contributed by atoms with van der Waals surface area (Å²) in [5.41, 5.74) is 0. The molecule has 1 amide bonds. The Morgan fingerprint density at radius 2 is 2.31 bits per heavy atom. The first kappa shape index (κ1) is 9.84. The Bertz CT molecular complexity index is 278. The molecule has 13 heavy (non-hydrogen) atoms. The van der Waals surface area contributed by atoms with Crippen LogP contribution in [0, 0.1) is 6.92 Å². The molecule has 0 aliphatic rings. The average Bonchev–Trinajstić information content (AvgIpc) is 2.51. The molecule has 1 aromatic rings. The predicted octanol–water partition coefficient (Wildman–Crippen LogP) is 1.66. The van der Waals surface area contributed by atoms with Crippen LogP contribution in [0.4, 0.5) is 0 Å². The van der Waals surface area contributed by atoms with E-state index in [4.69, 9.17) is 4.42 Å². The van der Waals surface area contributed by atoms with Crippen molar-refractivity contribution in [2.45, 2.75) is 26.7 Å². The topological polar surface area (TPSA) is 42.2 Å². The molecule has 0 unspecified atom stereocenters. The molecule has 3 heteroatoms. The first-order valence-electron chi connectivity index (χ1n) is 4.54. The molecule has 0 aliphatic carbocycles. The van der Waals surface area contributed by atoms with E-state index in [1.165, 1.54) is 0 Å². The van der Waals surface area contributed by atoms with E-state index in [2.05, 4.69) is 5.32 Å². The fourth-order valence-corrected chi connectivity index (χ4v) is 1.07. The molecule has 0 spiro atoms. The smallest absolute Gasteiger partial charge is 0.219 e. The number of aryl methyl sites for hydroxylation is 1. The Kier molecular flexibility index (Phi) is 3.55. The van der Waals surface area contributed by atoms with Gasteiger partial charge < -0.3 is 9.73 Å². The molecule has 0 radical (unpaired) electrons. The van der Waals surface area contributed by atoms with Crippen LogP contribution in [0.5, 0.6) is 0 Å². The molecule has 1 rings (SSSR count). The van der Waals surface area contributed by atoms with Gasteiger partial charge in [-0.05, 0) is 19.1 Å². The third-order valence-corrected chi connectivity index (χ3v) is 1.81. The van der Waals surface area contributed by atoms with Crippen LogP contribution < -0.4 is 5.32 Å². The van der Waals surface area contributed by atoms with Crippen LogP contribution in [0.15, 0.2) is 16.5 Å². The average molecular weight is 181 g/mol. The third kappa shape index (κ3) is 3.32.